The van der Waals surface area contributed by atoms with Gasteiger partial charge in [0.05, 0.1) is 19.3 Å². The maximum Gasteiger partial charge on any atom is 0.143 e. The normalized spacial score (nSPS) is 17.8. The van der Waals surface area contributed by atoms with Gasteiger partial charge in [-0.25, -0.2) is 0 Å². The number of benzene rings is 3. The number of allylic oxidation sites excluding steroid dienone is 1. The predicted octanol–water partition coefficient (Wildman–Crippen LogP) is 6.49. The van der Waals surface area contributed by atoms with Crippen molar-refractivity contribution in [2.75, 3.05) is 13.2 Å². The molecule has 3 heteroatoms. The Hall–Kier alpha value is -2.72. The first-order valence-electron chi connectivity index (χ1n) is 12.8. The van der Waals surface area contributed by atoms with Crippen LogP contribution in [0.25, 0.3) is 0 Å². The van der Waals surface area contributed by atoms with Gasteiger partial charge in [0.2, 0.25) is 0 Å². The molecule has 3 aromatic rings. The minimum absolute atomic E-state index is 0.0122. The Kier molecular flexibility index (Phi) is 8.22. The molecule has 0 saturated heterocycles. The van der Waals surface area contributed by atoms with Gasteiger partial charge < -0.3 is 14.9 Å². The molecule has 3 atom stereocenters. The topological polar surface area (TPSA) is 49.7 Å². The lowest BCUT2D eigenvalue weighted by atomic mass is 9.67. The number of aliphatic hydroxyl groups is 2. The van der Waals surface area contributed by atoms with E-state index in [2.05, 4.69) is 49.4 Å². The van der Waals surface area contributed by atoms with Crippen molar-refractivity contribution in [1.29, 1.82) is 0 Å². The minimum atomic E-state index is -0.871. The maximum atomic E-state index is 11.5. The monoisotopic (exact) mass is 470 g/mol. The summed E-state index contributed by atoms with van der Waals surface area (Å²) in [6.45, 7) is 4.27. The Balaban J connectivity index is 1.71. The van der Waals surface area contributed by atoms with Crippen LogP contribution in [-0.2, 0) is 10.3 Å². The highest BCUT2D eigenvalue weighted by Crippen LogP contribution is 2.44. The zero-order chi connectivity index (χ0) is 24.7. The average molecular weight is 471 g/mol. The molecule has 2 N–H and O–H groups in total. The van der Waals surface area contributed by atoms with E-state index in [0.29, 0.717) is 0 Å². The van der Waals surface area contributed by atoms with Crippen LogP contribution in [0.2, 0.25) is 0 Å². The van der Waals surface area contributed by atoms with Crippen molar-refractivity contribution < 1.29 is 14.9 Å². The van der Waals surface area contributed by atoms with Crippen molar-refractivity contribution in [3.8, 4) is 0 Å². The van der Waals surface area contributed by atoms with Crippen LogP contribution in [0, 0.1) is 11.3 Å². The summed E-state index contributed by atoms with van der Waals surface area (Å²) in [4.78, 5) is 0. The molecule has 0 fully saturated rings. The zero-order valence-corrected chi connectivity index (χ0v) is 20.9. The second-order valence-corrected chi connectivity index (χ2v) is 10.00. The summed E-state index contributed by atoms with van der Waals surface area (Å²) in [5, 5.41) is 21.9. The molecule has 0 radical (unpaired) electrons. The van der Waals surface area contributed by atoms with E-state index in [1.165, 1.54) is 12.0 Å². The van der Waals surface area contributed by atoms with Crippen LogP contribution < -0.4 is 0 Å². The summed E-state index contributed by atoms with van der Waals surface area (Å²) in [7, 11) is 0. The van der Waals surface area contributed by atoms with Gasteiger partial charge in [0.25, 0.3) is 0 Å². The third-order valence-electron chi connectivity index (χ3n) is 7.95. The van der Waals surface area contributed by atoms with Gasteiger partial charge in [0, 0.05) is 5.41 Å². The van der Waals surface area contributed by atoms with Crippen LogP contribution in [-0.4, -0.2) is 29.5 Å². The van der Waals surface area contributed by atoms with Gasteiger partial charge in [-0.1, -0.05) is 116 Å². The molecule has 4 rings (SSSR count). The highest BCUT2D eigenvalue weighted by atomic mass is 16.5. The van der Waals surface area contributed by atoms with Gasteiger partial charge in [0.1, 0.15) is 5.60 Å². The van der Waals surface area contributed by atoms with Crippen LogP contribution in [0.3, 0.4) is 0 Å². The lowest BCUT2D eigenvalue weighted by Crippen LogP contribution is -2.43. The quantitative estimate of drug-likeness (QED) is 0.263. The minimum Gasteiger partial charge on any atom is -0.395 e. The molecule has 0 spiro atoms. The summed E-state index contributed by atoms with van der Waals surface area (Å²) in [5.41, 5.74) is 2.95. The summed E-state index contributed by atoms with van der Waals surface area (Å²) in [6.07, 6.45) is 5.89. The van der Waals surface area contributed by atoms with E-state index >= 15 is 0 Å². The highest BCUT2D eigenvalue weighted by molar-refractivity contribution is 5.47. The molecule has 1 aliphatic rings. The predicted molar refractivity (Wildman–Crippen MR) is 142 cm³/mol. The summed E-state index contributed by atoms with van der Waals surface area (Å²) in [6, 6.07) is 30.7. The Morgan fingerprint density at radius 1 is 0.800 bits per heavy atom. The van der Waals surface area contributed by atoms with Crippen molar-refractivity contribution in [2.45, 2.75) is 51.2 Å². The SMILES string of the molecule is C[C@H]([C@H](O)COC(c1ccccc1)(c1ccccc1)c1ccccc1)[C@@](C)(CO)C1=CCCCC1. The van der Waals surface area contributed by atoms with Crippen LogP contribution in [0.1, 0.15) is 56.2 Å². The molecule has 0 heterocycles. The fourth-order valence-electron chi connectivity index (χ4n) is 5.44. The summed E-state index contributed by atoms with van der Waals surface area (Å²) < 4.78 is 6.85. The lowest BCUT2D eigenvalue weighted by molar-refractivity contribution is -0.0750. The van der Waals surface area contributed by atoms with Crippen LogP contribution >= 0.6 is 0 Å². The van der Waals surface area contributed by atoms with Crippen LogP contribution in [0.5, 0.6) is 0 Å². The standard InChI is InChI=1S/C32H38O3/c1-25(31(2,24-33)26-15-7-3-8-16-26)30(34)23-35-32(27-17-9-4-10-18-27,28-19-11-5-12-20-28)29-21-13-6-14-22-29/h4-6,9-15,17-22,25,30,33-34H,3,7-8,16,23-24H2,1-2H3/t25-,30-,31-/m1/s1. The van der Waals surface area contributed by atoms with E-state index in [-0.39, 0.29) is 19.1 Å². The van der Waals surface area contributed by atoms with Gasteiger partial charge in [-0.2, -0.15) is 0 Å². The van der Waals surface area contributed by atoms with Crippen molar-refractivity contribution in [1.82, 2.24) is 0 Å². The fourth-order valence-corrected chi connectivity index (χ4v) is 5.44. The van der Waals surface area contributed by atoms with E-state index in [1.54, 1.807) is 0 Å². The van der Waals surface area contributed by atoms with Gasteiger partial charge in [-0.3, -0.25) is 0 Å². The van der Waals surface area contributed by atoms with Crippen molar-refractivity contribution >= 4 is 0 Å². The first-order chi connectivity index (χ1) is 17.0. The van der Waals surface area contributed by atoms with Gasteiger partial charge in [-0.15, -0.1) is 0 Å². The molecule has 0 bridgehead atoms. The maximum absolute atomic E-state index is 11.5. The van der Waals surface area contributed by atoms with Crippen LogP contribution in [0.15, 0.2) is 103 Å². The van der Waals surface area contributed by atoms with Crippen molar-refractivity contribution in [3.63, 3.8) is 0 Å². The Morgan fingerprint density at radius 2 is 1.29 bits per heavy atom. The molecule has 184 valence electrons. The van der Waals surface area contributed by atoms with E-state index in [0.717, 1.165) is 36.0 Å². The molecule has 35 heavy (non-hydrogen) atoms. The molecular weight excluding hydrogens is 432 g/mol. The Bertz CT molecular complexity index is 981. The molecule has 0 saturated carbocycles. The number of hydrogen-bond donors (Lipinski definition) is 2. The van der Waals surface area contributed by atoms with Gasteiger partial charge in [-0.05, 0) is 48.3 Å². The third-order valence-corrected chi connectivity index (χ3v) is 7.95. The molecular formula is C32H38O3. The lowest BCUT2D eigenvalue weighted by Gasteiger charge is -2.42. The largest absolute Gasteiger partial charge is 0.395 e. The first kappa shape index (κ1) is 25.4. The average Bonchev–Trinajstić information content (AvgIpc) is 2.94. The van der Waals surface area contributed by atoms with E-state index in [4.69, 9.17) is 4.74 Å². The van der Waals surface area contributed by atoms with Crippen molar-refractivity contribution in [2.24, 2.45) is 11.3 Å². The molecule has 3 nitrogen and oxygen atoms in total. The number of aliphatic hydroxyl groups excluding tert-OH is 2. The van der Waals surface area contributed by atoms with Gasteiger partial charge in [0.15, 0.2) is 0 Å². The van der Waals surface area contributed by atoms with Crippen molar-refractivity contribution in [3.05, 3.63) is 119 Å². The van der Waals surface area contributed by atoms with E-state index in [1.807, 2.05) is 61.5 Å². The van der Waals surface area contributed by atoms with E-state index in [9.17, 15) is 10.2 Å². The highest BCUT2D eigenvalue weighted by Gasteiger charge is 2.42. The number of rotatable bonds is 10. The molecule has 0 aliphatic heterocycles. The Morgan fingerprint density at radius 3 is 1.69 bits per heavy atom. The molecule has 0 unspecified atom stereocenters. The fraction of sp³-hybridized carbons (Fsp3) is 0.375. The molecule has 0 amide bonds. The van der Waals surface area contributed by atoms with Gasteiger partial charge >= 0.3 is 0 Å². The summed E-state index contributed by atoms with van der Waals surface area (Å²) in [5.74, 6) is -0.170. The van der Waals surface area contributed by atoms with Crippen LogP contribution in [0.4, 0.5) is 0 Å². The number of ether oxygens (including phenoxy) is 1. The molecule has 0 aromatic heterocycles. The molecule has 1 aliphatic carbocycles. The number of hydrogen-bond acceptors (Lipinski definition) is 3. The smallest absolute Gasteiger partial charge is 0.143 e. The van der Waals surface area contributed by atoms with E-state index < -0.39 is 17.1 Å². The second kappa shape index (κ2) is 11.3. The molecule has 3 aromatic carbocycles. The second-order valence-electron chi connectivity index (χ2n) is 10.00. The Labute approximate surface area is 210 Å². The first-order valence-corrected chi connectivity index (χ1v) is 12.8. The zero-order valence-electron chi connectivity index (χ0n) is 20.9. The third kappa shape index (κ3) is 5.13. The summed E-state index contributed by atoms with van der Waals surface area (Å²) >= 11 is 0.